The highest BCUT2D eigenvalue weighted by molar-refractivity contribution is 5.81. The second-order valence-electron chi connectivity index (χ2n) is 3.70. The van der Waals surface area contributed by atoms with Crippen molar-refractivity contribution in [2.45, 2.75) is 18.7 Å². The zero-order valence-electron chi connectivity index (χ0n) is 10.0. The summed E-state index contributed by atoms with van der Waals surface area (Å²) in [7, 11) is 1.56. The minimum atomic E-state index is -1.14. The summed E-state index contributed by atoms with van der Waals surface area (Å²) in [5.41, 5.74) is 11.5. The van der Waals surface area contributed by atoms with Gasteiger partial charge in [0.15, 0.2) is 0 Å². The van der Waals surface area contributed by atoms with Gasteiger partial charge in [-0.2, -0.15) is 0 Å². The fourth-order valence-corrected chi connectivity index (χ4v) is 1.21. The third-order valence-electron chi connectivity index (χ3n) is 2.38. The number of carbonyl (C=O) groups excluding carboxylic acids is 2. The highest BCUT2D eigenvalue weighted by Crippen LogP contribution is 2.12. The molecule has 2 unspecified atom stereocenters. The summed E-state index contributed by atoms with van der Waals surface area (Å²) in [5, 5.41) is 0. The predicted molar refractivity (Wildman–Crippen MR) is 64.8 cm³/mol. The Kier molecular flexibility index (Phi) is 5.29. The molecule has 0 fully saturated rings. The van der Waals surface area contributed by atoms with Crippen molar-refractivity contribution < 1.29 is 19.1 Å². The lowest BCUT2D eigenvalue weighted by atomic mass is 10.1. The molecular formula is C12H16N2O4. The van der Waals surface area contributed by atoms with Crippen LogP contribution in [0.15, 0.2) is 24.3 Å². The Bertz CT molecular complexity index is 405. The molecule has 0 bridgehead atoms. The lowest BCUT2D eigenvalue weighted by Crippen LogP contribution is -2.48. The van der Waals surface area contributed by atoms with Gasteiger partial charge >= 0.3 is 5.97 Å². The quantitative estimate of drug-likeness (QED) is 0.527. The molecule has 98 valence electrons. The van der Waals surface area contributed by atoms with E-state index in [1.807, 2.05) is 0 Å². The van der Waals surface area contributed by atoms with Gasteiger partial charge in [0.25, 0.3) is 0 Å². The van der Waals surface area contributed by atoms with Crippen LogP contribution >= 0.6 is 0 Å². The van der Waals surface area contributed by atoms with Crippen molar-refractivity contribution in [1.29, 1.82) is 0 Å². The topological polar surface area (TPSA) is 105 Å². The number of hydrogen-bond donors (Lipinski definition) is 2. The predicted octanol–water partition coefficient (Wildman–Crippen LogP) is -0.408. The molecular weight excluding hydrogens is 236 g/mol. The number of aldehydes is 1. The van der Waals surface area contributed by atoms with E-state index >= 15 is 0 Å². The first-order valence-corrected chi connectivity index (χ1v) is 5.34. The normalized spacial score (nSPS) is 13.5. The molecule has 1 rings (SSSR count). The molecule has 0 aromatic heterocycles. The minimum Gasteiger partial charge on any atom is -0.497 e. The van der Waals surface area contributed by atoms with Crippen LogP contribution in [-0.2, 0) is 20.9 Å². The van der Waals surface area contributed by atoms with Crippen molar-refractivity contribution in [2.24, 2.45) is 11.5 Å². The Hall–Kier alpha value is -1.92. The minimum absolute atomic E-state index is 0.0715. The number of benzene rings is 1. The van der Waals surface area contributed by atoms with Crippen LogP contribution in [0.4, 0.5) is 0 Å². The van der Waals surface area contributed by atoms with Gasteiger partial charge in [-0.1, -0.05) is 12.1 Å². The molecule has 6 heteroatoms. The molecule has 2 atom stereocenters. The fraction of sp³-hybridized carbons (Fsp3) is 0.333. The van der Waals surface area contributed by atoms with Gasteiger partial charge < -0.3 is 25.7 Å². The number of nitrogens with two attached hydrogens (primary N) is 2. The molecule has 0 radical (unpaired) electrons. The second-order valence-corrected chi connectivity index (χ2v) is 3.70. The van der Waals surface area contributed by atoms with E-state index in [9.17, 15) is 9.59 Å². The molecule has 0 aliphatic carbocycles. The number of hydrogen-bond acceptors (Lipinski definition) is 6. The Morgan fingerprint density at radius 1 is 1.33 bits per heavy atom. The van der Waals surface area contributed by atoms with Crippen molar-refractivity contribution >= 4 is 12.3 Å². The zero-order valence-corrected chi connectivity index (χ0v) is 10.0. The molecule has 6 nitrogen and oxygen atoms in total. The molecule has 0 spiro atoms. The summed E-state index contributed by atoms with van der Waals surface area (Å²) in [6.07, 6.45) is 0.416. The molecule has 0 aliphatic rings. The van der Waals surface area contributed by atoms with Gasteiger partial charge in [0.2, 0.25) is 0 Å². The molecule has 0 aliphatic heterocycles. The largest absolute Gasteiger partial charge is 0.497 e. The van der Waals surface area contributed by atoms with Gasteiger partial charge in [0, 0.05) is 0 Å². The fourth-order valence-electron chi connectivity index (χ4n) is 1.21. The van der Waals surface area contributed by atoms with E-state index in [0.29, 0.717) is 12.0 Å². The monoisotopic (exact) mass is 252 g/mol. The highest BCUT2D eigenvalue weighted by atomic mass is 16.5. The Balaban J connectivity index is 2.49. The zero-order chi connectivity index (χ0) is 13.5. The van der Waals surface area contributed by atoms with Crippen molar-refractivity contribution in [3.63, 3.8) is 0 Å². The Morgan fingerprint density at radius 3 is 2.44 bits per heavy atom. The van der Waals surface area contributed by atoms with Crippen molar-refractivity contribution in [3.8, 4) is 5.75 Å². The first kappa shape index (κ1) is 14.1. The maximum atomic E-state index is 11.4. The Morgan fingerprint density at radius 2 is 1.94 bits per heavy atom. The van der Waals surface area contributed by atoms with Crippen LogP contribution < -0.4 is 16.2 Å². The van der Waals surface area contributed by atoms with Gasteiger partial charge in [-0.05, 0) is 17.7 Å². The molecule has 1 aromatic carbocycles. The Labute approximate surface area is 105 Å². The van der Waals surface area contributed by atoms with Crippen LogP contribution in [-0.4, -0.2) is 31.4 Å². The highest BCUT2D eigenvalue weighted by Gasteiger charge is 2.22. The van der Waals surface area contributed by atoms with Crippen molar-refractivity contribution in [2.75, 3.05) is 7.11 Å². The smallest absolute Gasteiger partial charge is 0.325 e. The third-order valence-corrected chi connectivity index (χ3v) is 2.38. The SMILES string of the molecule is COc1ccc(COC(=O)C(N)C(N)C=O)cc1. The average molecular weight is 252 g/mol. The molecule has 0 saturated heterocycles. The van der Waals surface area contributed by atoms with E-state index in [0.717, 1.165) is 5.56 Å². The average Bonchev–Trinajstić information content (AvgIpc) is 2.43. The number of carbonyl (C=O) groups is 2. The standard InChI is InChI=1S/C12H16N2O4/c1-17-9-4-2-8(3-5-9)7-18-12(16)11(14)10(13)6-15/h2-6,10-11H,7,13-14H2,1H3. The summed E-state index contributed by atoms with van der Waals surface area (Å²) in [4.78, 5) is 21.8. The van der Waals surface area contributed by atoms with Gasteiger partial charge in [0.1, 0.15) is 24.7 Å². The van der Waals surface area contributed by atoms with E-state index in [1.165, 1.54) is 0 Å². The van der Waals surface area contributed by atoms with Crippen molar-refractivity contribution in [3.05, 3.63) is 29.8 Å². The molecule has 1 aromatic rings. The number of rotatable bonds is 6. The van der Waals surface area contributed by atoms with Crippen LogP contribution in [0.5, 0.6) is 5.75 Å². The summed E-state index contributed by atoms with van der Waals surface area (Å²) in [5.74, 6) is 0.00942. The van der Waals surface area contributed by atoms with E-state index in [2.05, 4.69) is 0 Å². The van der Waals surface area contributed by atoms with Crippen LogP contribution in [0.1, 0.15) is 5.56 Å². The maximum Gasteiger partial charge on any atom is 0.325 e. The summed E-state index contributed by atoms with van der Waals surface area (Å²) >= 11 is 0. The summed E-state index contributed by atoms with van der Waals surface area (Å²) in [6, 6.07) is 4.84. The molecule has 0 heterocycles. The molecule has 0 amide bonds. The number of esters is 1. The lowest BCUT2D eigenvalue weighted by molar-refractivity contribution is -0.147. The molecule has 18 heavy (non-hydrogen) atoms. The van der Waals surface area contributed by atoms with Gasteiger partial charge in [0.05, 0.1) is 13.2 Å². The van der Waals surface area contributed by atoms with Crippen LogP contribution in [0, 0.1) is 0 Å². The molecule has 4 N–H and O–H groups in total. The van der Waals surface area contributed by atoms with Gasteiger partial charge in [-0.25, -0.2) is 0 Å². The van der Waals surface area contributed by atoms with E-state index in [4.69, 9.17) is 20.9 Å². The van der Waals surface area contributed by atoms with Crippen molar-refractivity contribution in [1.82, 2.24) is 0 Å². The van der Waals surface area contributed by atoms with Crippen LogP contribution in [0.2, 0.25) is 0 Å². The van der Waals surface area contributed by atoms with E-state index in [-0.39, 0.29) is 6.61 Å². The summed E-state index contributed by atoms with van der Waals surface area (Å²) in [6.45, 7) is 0.0715. The first-order valence-electron chi connectivity index (χ1n) is 5.34. The van der Waals surface area contributed by atoms with Crippen LogP contribution in [0.3, 0.4) is 0 Å². The second kappa shape index (κ2) is 6.73. The third kappa shape index (κ3) is 3.83. The number of ether oxygens (including phenoxy) is 2. The first-order chi connectivity index (χ1) is 8.58. The van der Waals surface area contributed by atoms with Gasteiger partial charge in [-0.3, -0.25) is 4.79 Å². The van der Waals surface area contributed by atoms with E-state index in [1.54, 1.807) is 31.4 Å². The van der Waals surface area contributed by atoms with Crippen LogP contribution in [0.25, 0.3) is 0 Å². The summed E-state index contributed by atoms with van der Waals surface area (Å²) < 4.78 is 9.94. The molecule has 0 saturated carbocycles. The maximum absolute atomic E-state index is 11.4. The van der Waals surface area contributed by atoms with E-state index < -0.39 is 18.1 Å². The number of methoxy groups -OCH3 is 1. The lowest BCUT2D eigenvalue weighted by Gasteiger charge is -2.13. The van der Waals surface area contributed by atoms with Gasteiger partial charge in [-0.15, -0.1) is 0 Å².